The summed E-state index contributed by atoms with van der Waals surface area (Å²) in [5.41, 5.74) is 5.11. The third-order valence-electron chi connectivity index (χ3n) is 6.75. The molecule has 1 aromatic carbocycles. The maximum atomic E-state index is 9.69. The molecule has 0 spiro atoms. The number of fused-ring (bicyclic) bond motifs is 2. The first-order chi connectivity index (χ1) is 15.6. The van der Waals surface area contributed by atoms with E-state index in [1.54, 1.807) is 6.33 Å². The molecule has 0 aliphatic carbocycles. The van der Waals surface area contributed by atoms with Crippen LogP contribution in [0.15, 0.2) is 36.8 Å². The molecular weight excluding hydrogens is 402 g/mol. The molecule has 2 aliphatic heterocycles. The fraction of sp³-hybridized carbons (Fsp3) is 0.417. The van der Waals surface area contributed by atoms with E-state index in [1.165, 1.54) is 12.0 Å². The molecule has 2 fully saturated rings. The lowest BCUT2D eigenvalue weighted by Crippen LogP contribution is -2.51. The summed E-state index contributed by atoms with van der Waals surface area (Å²) in [4.78, 5) is 18.6. The average Bonchev–Trinajstić information content (AvgIpc) is 3.19. The number of benzene rings is 1. The van der Waals surface area contributed by atoms with Crippen molar-refractivity contribution in [3.05, 3.63) is 53.6 Å². The van der Waals surface area contributed by atoms with Crippen molar-refractivity contribution >= 4 is 28.2 Å². The van der Waals surface area contributed by atoms with Gasteiger partial charge in [0.2, 0.25) is 0 Å². The van der Waals surface area contributed by atoms with Gasteiger partial charge in [-0.2, -0.15) is 5.10 Å². The number of aryl methyl sites for hydroxylation is 2. The zero-order chi connectivity index (χ0) is 21.8. The van der Waals surface area contributed by atoms with Crippen molar-refractivity contribution in [3.8, 4) is 0 Å². The van der Waals surface area contributed by atoms with E-state index in [2.05, 4.69) is 46.8 Å². The molecule has 0 unspecified atom stereocenters. The first-order valence-corrected chi connectivity index (χ1v) is 11.4. The van der Waals surface area contributed by atoms with Gasteiger partial charge in [0.05, 0.1) is 23.4 Å². The van der Waals surface area contributed by atoms with Crippen LogP contribution in [0, 0.1) is 13.8 Å². The lowest BCUT2D eigenvalue weighted by Gasteiger charge is -2.37. The Kier molecular flexibility index (Phi) is 4.50. The van der Waals surface area contributed by atoms with E-state index in [4.69, 9.17) is 15.1 Å². The molecule has 0 saturated carbocycles. The molecule has 0 bridgehead atoms. The highest BCUT2D eigenvalue weighted by atomic mass is 16.3. The number of rotatable bonds is 3. The summed E-state index contributed by atoms with van der Waals surface area (Å²) in [5, 5.41) is 15.7. The lowest BCUT2D eigenvalue weighted by molar-refractivity contribution is 0.141. The second-order valence-corrected chi connectivity index (χ2v) is 9.05. The molecular formula is C24H27N7O. The van der Waals surface area contributed by atoms with Crippen molar-refractivity contribution in [2.45, 2.75) is 45.3 Å². The van der Waals surface area contributed by atoms with E-state index < -0.39 is 0 Å². The summed E-state index contributed by atoms with van der Waals surface area (Å²) in [7, 11) is 0. The normalized spacial score (nSPS) is 19.7. The molecule has 2 saturated heterocycles. The number of aliphatic hydroxyl groups is 1. The van der Waals surface area contributed by atoms with Crippen LogP contribution < -0.4 is 9.80 Å². The van der Waals surface area contributed by atoms with Gasteiger partial charge in [-0.15, -0.1) is 0 Å². The largest absolute Gasteiger partial charge is 0.389 e. The Hall–Kier alpha value is -3.26. The highest BCUT2D eigenvalue weighted by Crippen LogP contribution is 2.37. The first kappa shape index (κ1) is 19.4. The fourth-order valence-electron chi connectivity index (χ4n) is 5.10. The molecule has 32 heavy (non-hydrogen) atoms. The number of hydrogen-bond acceptors (Lipinski definition) is 7. The summed E-state index contributed by atoms with van der Waals surface area (Å²) in [5.74, 6) is 1.93. The van der Waals surface area contributed by atoms with Gasteiger partial charge in [0.15, 0.2) is 5.65 Å². The molecule has 8 heteroatoms. The summed E-state index contributed by atoms with van der Waals surface area (Å²) >= 11 is 0. The van der Waals surface area contributed by atoms with E-state index in [-0.39, 0.29) is 12.1 Å². The van der Waals surface area contributed by atoms with E-state index in [1.807, 2.05) is 16.8 Å². The molecule has 3 aromatic heterocycles. The molecule has 6 rings (SSSR count). The van der Waals surface area contributed by atoms with Gasteiger partial charge >= 0.3 is 0 Å². The Morgan fingerprint density at radius 1 is 1.03 bits per heavy atom. The highest BCUT2D eigenvalue weighted by Gasteiger charge is 2.30. The Balaban J connectivity index is 1.42. The van der Waals surface area contributed by atoms with Crippen LogP contribution in [0.3, 0.4) is 0 Å². The van der Waals surface area contributed by atoms with Crippen LogP contribution in [0.2, 0.25) is 0 Å². The van der Waals surface area contributed by atoms with E-state index in [0.717, 1.165) is 58.8 Å². The zero-order valence-corrected chi connectivity index (χ0v) is 18.4. The van der Waals surface area contributed by atoms with Crippen LogP contribution in [0.5, 0.6) is 0 Å². The smallest absolute Gasteiger partial charge is 0.157 e. The van der Waals surface area contributed by atoms with E-state index in [0.29, 0.717) is 13.1 Å². The Morgan fingerprint density at radius 2 is 1.91 bits per heavy atom. The van der Waals surface area contributed by atoms with Crippen molar-refractivity contribution in [1.82, 2.24) is 24.6 Å². The maximum absolute atomic E-state index is 9.69. The fourth-order valence-corrected chi connectivity index (χ4v) is 5.10. The SMILES string of the molecule is Cc1cn2nc([C@@H]3CCCCN3c3ncnc4cccc(C)c34)cc2nc1N1CC(O)C1. The molecule has 164 valence electrons. The van der Waals surface area contributed by atoms with Crippen LogP contribution in [-0.2, 0) is 0 Å². The number of hydrogen-bond donors (Lipinski definition) is 1. The van der Waals surface area contributed by atoms with Crippen molar-refractivity contribution in [2.24, 2.45) is 0 Å². The van der Waals surface area contributed by atoms with Gasteiger partial charge in [0.25, 0.3) is 0 Å². The lowest BCUT2D eigenvalue weighted by atomic mass is 9.98. The van der Waals surface area contributed by atoms with Gasteiger partial charge in [-0.3, -0.25) is 0 Å². The number of anilines is 2. The minimum atomic E-state index is -0.255. The molecule has 0 radical (unpaired) electrons. The quantitative estimate of drug-likeness (QED) is 0.535. The molecule has 1 N–H and O–H groups in total. The Labute approximate surface area is 186 Å². The topological polar surface area (TPSA) is 82.7 Å². The predicted molar refractivity (Wildman–Crippen MR) is 124 cm³/mol. The summed E-state index contributed by atoms with van der Waals surface area (Å²) < 4.78 is 1.89. The maximum Gasteiger partial charge on any atom is 0.157 e. The van der Waals surface area contributed by atoms with Crippen molar-refractivity contribution in [2.75, 3.05) is 29.4 Å². The Morgan fingerprint density at radius 3 is 2.75 bits per heavy atom. The minimum Gasteiger partial charge on any atom is -0.389 e. The molecule has 5 heterocycles. The zero-order valence-electron chi connectivity index (χ0n) is 18.4. The Bertz CT molecular complexity index is 1310. The average molecular weight is 430 g/mol. The molecule has 8 nitrogen and oxygen atoms in total. The number of β-amino-alcohol motifs (C(OH)–C–C–N with tert-alkyl or cyclic N) is 1. The summed E-state index contributed by atoms with van der Waals surface area (Å²) in [6.07, 6.45) is 6.80. The van der Waals surface area contributed by atoms with Crippen molar-refractivity contribution in [1.29, 1.82) is 0 Å². The van der Waals surface area contributed by atoms with E-state index in [9.17, 15) is 5.11 Å². The summed E-state index contributed by atoms with van der Waals surface area (Å²) in [6.45, 7) is 6.40. The number of aromatic nitrogens is 5. The van der Waals surface area contributed by atoms with Gasteiger partial charge < -0.3 is 14.9 Å². The monoisotopic (exact) mass is 429 g/mol. The number of nitrogens with zero attached hydrogens (tertiary/aromatic N) is 7. The molecule has 0 amide bonds. The third kappa shape index (κ3) is 3.09. The third-order valence-corrected chi connectivity index (χ3v) is 6.75. The highest BCUT2D eigenvalue weighted by molar-refractivity contribution is 5.92. The molecule has 4 aromatic rings. The predicted octanol–water partition coefficient (Wildman–Crippen LogP) is 3.20. The van der Waals surface area contributed by atoms with Gasteiger partial charge in [0.1, 0.15) is 18.0 Å². The van der Waals surface area contributed by atoms with Gasteiger partial charge in [-0.1, -0.05) is 12.1 Å². The van der Waals surface area contributed by atoms with Gasteiger partial charge in [-0.25, -0.2) is 19.5 Å². The second-order valence-electron chi connectivity index (χ2n) is 9.05. The minimum absolute atomic E-state index is 0.151. The number of aliphatic hydroxyl groups excluding tert-OH is 1. The van der Waals surface area contributed by atoms with Crippen LogP contribution in [-0.4, -0.2) is 55.4 Å². The van der Waals surface area contributed by atoms with Crippen LogP contribution in [0.25, 0.3) is 16.6 Å². The summed E-state index contributed by atoms with van der Waals surface area (Å²) in [6, 6.07) is 8.49. The molecule has 2 aliphatic rings. The first-order valence-electron chi connectivity index (χ1n) is 11.4. The standard InChI is InChI=1S/C24H27N7O/c1-15-6-5-7-18-22(15)24(26-14-25-18)30-9-4-3-8-20(30)19-10-21-27-23(29-12-17(32)13-29)16(2)11-31(21)28-19/h5-7,10-11,14,17,20,32H,3-4,8-9,12-13H2,1-2H3/t20-/m0/s1. The number of piperidine rings is 1. The van der Waals surface area contributed by atoms with E-state index >= 15 is 0 Å². The van der Waals surface area contributed by atoms with Crippen LogP contribution >= 0.6 is 0 Å². The van der Waals surface area contributed by atoms with Crippen molar-refractivity contribution in [3.63, 3.8) is 0 Å². The van der Waals surface area contributed by atoms with Crippen molar-refractivity contribution < 1.29 is 5.11 Å². The van der Waals surface area contributed by atoms with Gasteiger partial charge in [-0.05, 0) is 44.7 Å². The van der Waals surface area contributed by atoms with Crippen LogP contribution in [0.4, 0.5) is 11.6 Å². The van der Waals surface area contributed by atoms with Gasteiger partial charge in [0, 0.05) is 42.8 Å². The van der Waals surface area contributed by atoms with Crippen LogP contribution in [0.1, 0.15) is 42.1 Å². The second kappa shape index (κ2) is 7.41. The molecule has 1 atom stereocenters.